The minimum Gasteiger partial charge on any atom is -0.300 e. The minimum absolute atomic E-state index is 0.0516. The SMILES string of the molecule is CCC(CC(C)C(C)SP1(=O)OCC(C)(C)CO1)c1ccccc1. The molecule has 0 N–H and O–H groups in total. The van der Waals surface area contributed by atoms with Gasteiger partial charge in [0.25, 0.3) is 0 Å². The lowest BCUT2D eigenvalue weighted by Gasteiger charge is -2.35. The quantitative estimate of drug-likeness (QED) is 0.513. The van der Waals surface area contributed by atoms with Crippen LogP contribution in [-0.2, 0) is 13.6 Å². The van der Waals surface area contributed by atoms with Gasteiger partial charge in [0.15, 0.2) is 0 Å². The van der Waals surface area contributed by atoms with Crippen LogP contribution in [0.15, 0.2) is 30.3 Å². The van der Waals surface area contributed by atoms with E-state index in [9.17, 15) is 4.57 Å². The fourth-order valence-corrected chi connectivity index (χ4v) is 7.32. The molecule has 1 fully saturated rings. The number of rotatable bonds is 7. The van der Waals surface area contributed by atoms with Gasteiger partial charge in [-0.3, -0.25) is 0 Å². The predicted molar refractivity (Wildman–Crippen MR) is 104 cm³/mol. The molecule has 136 valence electrons. The standard InChI is InChI=1S/C19H31O3PS/c1-6-17(18-10-8-7-9-11-18)12-15(2)16(3)24-23(20)21-13-19(4,5)14-22-23/h7-11,15-17H,6,12-14H2,1-5H3. The van der Waals surface area contributed by atoms with E-state index in [2.05, 4.69) is 65.0 Å². The highest BCUT2D eigenvalue weighted by molar-refractivity contribution is 8.55. The average Bonchev–Trinajstić information content (AvgIpc) is 2.56. The van der Waals surface area contributed by atoms with Crippen molar-refractivity contribution < 1.29 is 13.6 Å². The molecule has 1 aliphatic rings. The zero-order valence-corrected chi connectivity index (χ0v) is 17.2. The van der Waals surface area contributed by atoms with E-state index in [1.807, 2.05) is 0 Å². The predicted octanol–water partition coefficient (Wildman–Crippen LogP) is 6.51. The minimum atomic E-state index is -3.01. The molecule has 1 aromatic rings. The zero-order valence-electron chi connectivity index (χ0n) is 15.5. The Labute approximate surface area is 151 Å². The van der Waals surface area contributed by atoms with E-state index in [-0.39, 0.29) is 10.7 Å². The van der Waals surface area contributed by atoms with Gasteiger partial charge in [-0.15, -0.1) is 0 Å². The van der Waals surface area contributed by atoms with Crippen molar-refractivity contribution in [2.45, 2.75) is 58.6 Å². The molecule has 0 amide bonds. The molecular formula is C19H31O3PS. The van der Waals surface area contributed by atoms with Crippen LogP contribution in [0.5, 0.6) is 0 Å². The van der Waals surface area contributed by atoms with Gasteiger partial charge in [-0.2, -0.15) is 0 Å². The highest BCUT2D eigenvalue weighted by atomic mass is 32.7. The summed E-state index contributed by atoms with van der Waals surface area (Å²) in [5, 5.41) is 0.231. The molecule has 0 aliphatic carbocycles. The van der Waals surface area contributed by atoms with Crippen LogP contribution < -0.4 is 0 Å². The molecule has 0 saturated carbocycles. The van der Waals surface area contributed by atoms with Crippen molar-refractivity contribution in [3.05, 3.63) is 35.9 Å². The topological polar surface area (TPSA) is 35.5 Å². The van der Waals surface area contributed by atoms with Crippen LogP contribution in [0, 0.1) is 11.3 Å². The van der Waals surface area contributed by atoms with Crippen molar-refractivity contribution in [3.63, 3.8) is 0 Å². The fraction of sp³-hybridized carbons (Fsp3) is 0.684. The molecule has 1 heterocycles. The van der Waals surface area contributed by atoms with Crippen molar-refractivity contribution >= 4 is 18.2 Å². The lowest BCUT2D eigenvalue weighted by molar-refractivity contribution is 0.0500. The summed E-state index contributed by atoms with van der Waals surface area (Å²) in [6, 6.07) is 10.7. The van der Waals surface area contributed by atoms with Gasteiger partial charge in [0.05, 0.1) is 13.2 Å². The maximum Gasteiger partial charge on any atom is 0.389 e. The molecule has 0 spiro atoms. The molecule has 3 unspecified atom stereocenters. The van der Waals surface area contributed by atoms with Gasteiger partial charge in [-0.1, -0.05) is 65.0 Å². The zero-order chi connectivity index (χ0) is 17.8. The van der Waals surface area contributed by atoms with E-state index in [0.29, 0.717) is 25.0 Å². The van der Waals surface area contributed by atoms with Gasteiger partial charge in [-0.25, -0.2) is 4.57 Å². The Balaban J connectivity index is 1.92. The molecule has 3 nitrogen and oxygen atoms in total. The molecule has 0 radical (unpaired) electrons. The summed E-state index contributed by atoms with van der Waals surface area (Å²) < 4.78 is 24.0. The highest BCUT2D eigenvalue weighted by Gasteiger charge is 2.39. The first kappa shape index (κ1) is 20.0. The van der Waals surface area contributed by atoms with Gasteiger partial charge < -0.3 is 9.05 Å². The third kappa shape index (κ3) is 5.62. The smallest absolute Gasteiger partial charge is 0.300 e. The third-order valence-electron chi connectivity index (χ3n) is 4.74. The van der Waals surface area contributed by atoms with Crippen molar-refractivity contribution in [1.29, 1.82) is 0 Å². The van der Waals surface area contributed by atoms with Gasteiger partial charge in [0.1, 0.15) is 0 Å². The summed E-state index contributed by atoms with van der Waals surface area (Å²) in [6.07, 6.45) is 2.20. The molecular weight excluding hydrogens is 339 g/mol. The van der Waals surface area contributed by atoms with Gasteiger partial charge >= 0.3 is 6.80 Å². The normalized spacial score (nSPS) is 23.4. The van der Waals surface area contributed by atoms with E-state index in [1.165, 1.54) is 16.9 Å². The van der Waals surface area contributed by atoms with Crippen molar-refractivity contribution in [2.75, 3.05) is 13.2 Å². The Bertz CT molecular complexity index is 547. The van der Waals surface area contributed by atoms with Crippen LogP contribution in [0.25, 0.3) is 0 Å². The largest absolute Gasteiger partial charge is 0.389 e. The molecule has 0 bridgehead atoms. The van der Waals surface area contributed by atoms with Crippen LogP contribution in [0.4, 0.5) is 0 Å². The highest BCUT2D eigenvalue weighted by Crippen LogP contribution is 2.66. The molecule has 24 heavy (non-hydrogen) atoms. The fourth-order valence-electron chi connectivity index (χ4n) is 2.86. The second-order valence-corrected chi connectivity index (χ2v) is 12.0. The second kappa shape index (κ2) is 8.40. The summed E-state index contributed by atoms with van der Waals surface area (Å²) in [7, 11) is 0. The van der Waals surface area contributed by atoms with Crippen LogP contribution >= 0.6 is 18.2 Å². The first-order chi connectivity index (χ1) is 11.2. The lowest BCUT2D eigenvalue weighted by atomic mass is 9.86. The summed E-state index contributed by atoms with van der Waals surface area (Å²) in [5.41, 5.74) is 1.34. The molecule has 5 heteroatoms. The summed E-state index contributed by atoms with van der Waals surface area (Å²) in [5.74, 6) is 0.977. The summed E-state index contributed by atoms with van der Waals surface area (Å²) >= 11 is 1.39. The van der Waals surface area contributed by atoms with E-state index >= 15 is 0 Å². The molecule has 0 aromatic heterocycles. The average molecular weight is 370 g/mol. The van der Waals surface area contributed by atoms with Crippen LogP contribution in [0.1, 0.15) is 58.9 Å². The van der Waals surface area contributed by atoms with Crippen LogP contribution in [0.3, 0.4) is 0 Å². The molecule has 2 rings (SSSR count). The monoisotopic (exact) mass is 370 g/mol. The molecule has 1 saturated heterocycles. The summed E-state index contributed by atoms with van der Waals surface area (Å²) in [4.78, 5) is 0. The van der Waals surface area contributed by atoms with E-state index < -0.39 is 6.80 Å². The van der Waals surface area contributed by atoms with Crippen molar-refractivity contribution in [3.8, 4) is 0 Å². The molecule has 1 aromatic carbocycles. The maximum atomic E-state index is 12.8. The Kier molecular flexibility index (Phi) is 7.01. The van der Waals surface area contributed by atoms with Gasteiger partial charge in [0, 0.05) is 10.7 Å². The number of benzene rings is 1. The second-order valence-electron chi connectivity index (χ2n) is 7.70. The van der Waals surface area contributed by atoms with Crippen LogP contribution in [-0.4, -0.2) is 18.5 Å². The number of hydrogen-bond acceptors (Lipinski definition) is 4. The van der Waals surface area contributed by atoms with Gasteiger partial charge in [0.2, 0.25) is 0 Å². The Morgan fingerprint density at radius 2 is 1.75 bits per heavy atom. The van der Waals surface area contributed by atoms with Crippen molar-refractivity contribution in [1.82, 2.24) is 0 Å². The lowest BCUT2D eigenvalue weighted by Crippen LogP contribution is -2.29. The van der Waals surface area contributed by atoms with Gasteiger partial charge in [-0.05, 0) is 41.6 Å². The third-order valence-corrected chi connectivity index (χ3v) is 9.09. The Morgan fingerprint density at radius 3 is 2.29 bits per heavy atom. The molecule has 1 aliphatic heterocycles. The van der Waals surface area contributed by atoms with E-state index in [0.717, 1.165) is 12.8 Å². The Morgan fingerprint density at radius 1 is 1.17 bits per heavy atom. The van der Waals surface area contributed by atoms with Crippen LogP contribution in [0.2, 0.25) is 0 Å². The Hall–Kier alpha value is -0.280. The van der Waals surface area contributed by atoms with E-state index in [4.69, 9.17) is 9.05 Å². The molecule has 3 atom stereocenters. The summed E-state index contributed by atoms with van der Waals surface area (Å²) in [6.45, 7) is 8.74. The van der Waals surface area contributed by atoms with Crippen molar-refractivity contribution in [2.24, 2.45) is 11.3 Å². The first-order valence-corrected chi connectivity index (χ1v) is 11.9. The number of hydrogen-bond donors (Lipinski definition) is 0. The maximum absolute atomic E-state index is 12.8. The van der Waals surface area contributed by atoms with E-state index in [1.54, 1.807) is 0 Å². The first-order valence-electron chi connectivity index (χ1n) is 8.87.